The van der Waals surface area contributed by atoms with E-state index in [0.29, 0.717) is 6.42 Å². The van der Waals surface area contributed by atoms with Gasteiger partial charge in [-0.25, -0.2) is 0 Å². The Morgan fingerprint density at radius 1 is 0.900 bits per heavy atom. The SMILES string of the molecule is N#CCc1cccc(C(S/C=C\c2cncs2)(c2ccccc2)c2ccccc2)c1. The Balaban J connectivity index is 1.91. The third-order valence-electron chi connectivity index (χ3n) is 4.91. The highest BCUT2D eigenvalue weighted by molar-refractivity contribution is 8.03. The maximum Gasteiger partial charge on any atom is 0.0948 e. The number of benzene rings is 3. The highest BCUT2D eigenvalue weighted by Crippen LogP contribution is 2.49. The van der Waals surface area contributed by atoms with Gasteiger partial charge < -0.3 is 0 Å². The van der Waals surface area contributed by atoms with Gasteiger partial charge in [0.25, 0.3) is 0 Å². The molecule has 146 valence electrons. The summed E-state index contributed by atoms with van der Waals surface area (Å²) in [6.45, 7) is 0. The number of aromatic nitrogens is 1. The van der Waals surface area contributed by atoms with E-state index in [-0.39, 0.29) is 0 Å². The Hall–Kier alpha value is -3.13. The molecule has 0 unspecified atom stereocenters. The van der Waals surface area contributed by atoms with E-state index in [9.17, 15) is 5.26 Å². The Kier molecular flexibility index (Phi) is 6.44. The van der Waals surface area contributed by atoms with Crippen molar-refractivity contribution in [1.82, 2.24) is 4.98 Å². The van der Waals surface area contributed by atoms with E-state index in [2.05, 4.69) is 89.3 Å². The number of nitriles is 1. The van der Waals surface area contributed by atoms with Crippen LogP contribution in [0.15, 0.2) is 102 Å². The van der Waals surface area contributed by atoms with Crippen LogP contribution in [0.4, 0.5) is 0 Å². The van der Waals surface area contributed by atoms with E-state index in [1.165, 1.54) is 11.1 Å². The molecule has 2 nitrogen and oxygen atoms in total. The second-order valence-electron chi connectivity index (χ2n) is 6.77. The first kappa shape index (κ1) is 20.2. The van der Waals surface area contributed by atoms with Crippen LogP contribution in [0.3, 0.4) is 0 Å². The Labute approximate surface area is 185 Å². The minimum absolute atomic E-state index is 0.398. The third kappa shape index (κ3) is 4.23. The van der Waals surface area contributed by atoms with Gasteiger partial charge in [-0.15, -0.1) is 23.1 Å². The van der Waals surface area contributed by atoms with Gasteiger partial charge in [0.05, 0.1) is 22.7 Å². The van der Waals surface area contributed by atoms with E-state index in [1.54, 1.807) is 23.1 Å². The lowest BCUT2D eigenvalue weighted by Crippen LogP contribution is -2.25. The molecule has 0 atom stereocenters. The molecule has 0 aliphatic heterocycles. The number of nitrogens with zero attached hydrogens (tertiary/aromatic N) is 2. The molecule has 0 saturated heterocycles. The van der Waals surface area contributed by atoms with Crippen molar-refractivity contribution < 1.29 is 0 Å². The molecular weight excluding hydrogens is 404 g/mol. The van der Waals surface area contributed by atoms with Crippen LogP contribution in [0, 0.1) is 11.3 Å². The van der Waals surface area contributed by atoms with Gasteiger partial charge in [-0.1, -0.05) is 84.9 Å². The molecule has 1 aromatic heterocycles. The molecule has 4 heteroatoms. The van der Waals surface area contributed by atoms with E-state index in [1.807, 2.05) is 29.9 Å². The van der Waals surface area contributed by atoms with Gasteiger partial charge in [-0.2, -0.15) is 5.26 Å². The standard InChI is InChI=1S/C26H20N2S2/c27-16-14-21-8-7-13-24(18-21)26(22-9-3-1-4-10-22,23-11-5-2-6-12-23)30-17-15-25-19-28-20-29-25/h1-13,15,17-20H,14H2/b17-15-. The molecule has 0 radical (unpaired) electrons. The van der Waals surface area contributed by atoms with E-state index in [0.717, 1.165) is 16.0 Å². The average Bonchev–Trinajstić information content (AvgIpc) is 3.32. The summed E-state index contributed by atoms with van der Waals surface area (Å²) >= 11 is 3.39. The summed E-state index contributed by atoms with van der Waals surface area (Å²) in [5, 5.41) is 11.4. The topological polar surface area (TPSA) is 36.7 Å². The second-order valence-corrected chi connectivity index (χ2v) is 8.81. The van der Waals surface area contributed by atoms with Crippen LogP contribution in [-0.2, 0) is 11.2 Å². The van der Waals surface area contributed by atoms with Crippen LogP contribution >= 0.6 is 23.1 Å². The number of hydrogen-bond donors (Lipinski definition) is 0. The fourth-order valence-corrected chi connectivity index (χ4v) is 5.38. The number of rotatable bonds is 7. The molecule has 0 aliphatic rings. The van der Waals surface area contributed by atoms with Gasteiger partial charge in [-0.05, 0) is 33.7 Å². The van der Waals surface area contributed by atoms with Crippen LogP contribution in [0.2, 0.25) is 0 Å². The number of thioether (sulfide) groups is 1. The molecule has 0 fully saturated rings. The lowest BCUT2D eigenvalue weighted by molar-refractivity contribution is 0.896. The number of hydrogen-bond acceptors (Lipinski definition) is 4. The maximum absolute atomic E-state index is 9.22. The smallest absolute Gasteiger partial charge is 0.0948 e. The molecule has 0 aliphatic carbocycles. The predicted octanol–water partition coefficient (Wildman–Crippen LogP) is 6.91. The van der Waals surface area contributed by atoms with Crippen molar-refractivity contribution in [2.75, 3.05) is 0 Å². The molecule has 4 aromatic rings. The van der Waals surface area contributed by atoms with Gasteiger partial charge in [0.15, 0.2) is 0 Å². The summed E-state index contributed by atoms with van der Waals surface area (Å²) in [5.41, 5.74) is 6.43. The largest absolute Gasteiger partial charge is 0.253 e. The summed E-state index contributed by atoms with van der Waals surface area (Å²) in [7, 11) is 0. The van der Waals surface area contributed by atoms with Crippen LogP contribution < -0.4 is 0 Å². The summed E-state index contributed by atoms with van der Waals surface area (Å²) < 4.78 is -0.435. The fraction of sp³-hybridized carbons (Fsp3) is 0.0769. The molecule has 3 aromatic carbocycles. The molecule has 1 heterocycles. The Bertz CT molecular complexity index is 1110. The lowest BCUT2D eigenvalue weighted by Gasteiger charge is -2.34. The van der Waals surface area contributed by atoms with Crippen molar-refractivity contribution in [3.8, 4) is 6.07 Å². The average molecular weight is 425 g/mol. The minimum atomic E-state index is -0.435. The van der Waals surface area contributed by atoms with Crippen LogP contribution in [0.1, 0.15) is 27.1 Å². The first-order valence-electron chi connectivity index (χ1n) is 9.63. The molecule has 0 saturated carbocycles. The maximum atomic E-state index is 9.22. The summed E-state index contributed by atoms with van der Waals surface area (Å²) in [5.74, 6) is 0. The van der Waals surface area contributed by atoms with Crippen molar-refractivity contribution >= 4 is 29.2 Å². The zero-order chi connectivity index (χ0) is 20.7. The second kappa shape index (κ2) is 9.58. The molecule has 0 N–H and O–H groups in total. The molecule has 4 rings (SSSR count). The highest BCUT2D eigenvalue weighted by atomic mass is 32.2. The molecule has 0 amide bonds. The third-order valence-corrected chi connectivity index (χ3v) is 6.98. The van der Waals surface area contributed by atoms with Crippen molar-refractivity contribution in [2.45, 2.75) is 11.2 Å². The summed E-state index contributed by atoms with van der Waals surface area (Å²) in [6.07, 6.45) is 4.39. The molecular formula is C26H20N2S2. The quantitative estimate of drug-likeness (QED) is 0.303. The highest BCUT2D eigenvalue weighted by Gasteiger charge is 2.36. The molecule has 30 heavy (non-hydrogen) atoms. The van der Waals surface area contributed by atoms with Gasteiger partial charge >= 0.3 is 0 Å². The zero-order valence-corrected chi connectivity index (χ0v) is 17.9. The first-order valence-corrected chi connectivity index (χ1v) is 11.4. The van der Waals surface area contributed by atoms with Crippen LogP contribution in [0.25, 0.3) is 6.08 Å². The summed E-state index contributed by atoms with van der Waals surface area (Å²) in [4.78, 5) is 5.29. The van der Waals surface area contributed by atoms with Crippen LogP contribution in [0.5, 0.6) is 0 Å². The van der Waals surface area contributed by atoms with E-state index >= 15 is 0 Å². The van der Waals surface area contributed by atoms with Crippen molar-refractivity contribution in [3.05, 3.63) is 129 Å². The minimum Gasteiger partial charge on any atom is -0.253 e. The first-order chi connectivity index (χ1) is 14.8. The number of thiazole rings is 1. The summed E-state index contributed by atoms with van der Waals surface area (Å²) in [6, 6.07) is 31.8. The van der Waals surface area contributed by atoms with Crippen molar-refractivity contribution in [1.29, 1.82) is 5.26 Å². The van der Waals surface area contributed by atoms with Gasteiger partial charge in [0, 0.05) is 11.1 Å². The van der Waals surface area contributed by atoms with Crippen molar-refractivity contribution in [2.24, 2.45) is 0 Å². The Morgan fingerprint density at radius 3 is 2.17 bits per heavy atom. The fourth-order valence-electron chi connectivity index (χ4n) is 3.55. The van der Waals surface area contributed by atoms with Crippen molar-refractivity contribution in [3.63, 3.8) is 0 Å². The molecule has 0 bridgehead atoms. The molecule has 0 spiro atoms. The predicted molar refractivity (Wildman–Crippen MR) is 127 cm³/mol. The monoisotopic (exact) mass is 424 g/mol. The van der Waals surface area contributed by atoms with Gasteiger partial charge in [-0.3, -0.25) is 4.98 Å². The van der Waals surface area contributed by atoms with Gasteiger partial charge in [0.2, 0.25) is 0 Å². The normalized spacial score (nSPS) is 11.4. The van der Waals surface area contributed by atoms with Crippen LogP contribution in [-0.4, -0.2) is 4.98 Å². The van der Waals surface area contributed by atoms with Gasteiger partial charge in [0.1, 0.15) is 0 Å². The van der Waals surface area contributed by atoms with E-state index < -0.39 is 4.75 Å². The lowest BCUT2D eigenvalue weighted by atomic mass is 9.83. The van der Waals surface area contributed by atoms with E-state index in [4.69, 9.17) is 0 Å². The zero-order valence-electron chi connectivity index (χ0n) is 16.3. The Morgan fingerprint density at radius 2 is 1.57 bits per heavy atom.